The minimum absolute atomic E-state index is 0.00696. The molecule has 0 aliphatic carbocycles. The molecule has 1 rings (SSSR count). The number of urea groups is 1. The molecule has 2 unspecified atom stereocenters. The second kappa shape index (κ2) is 7.53. The largest absolute Gasteiger partial charge is 0.481 e. The monoisotopic (exact) mass is 278 g/mol. The van der Waals surface area contributed by atoms with Crippen molar-refractivity contribution in [3.8, 4) is 0 Å². The van der Waals surface area contributed by atoms with Crippen molar-refractivity contribution in [2.24, 2.45) is 5.92 Å². The first-order valence-corrected chi connectivity index (χ1v) is 6.68. The Hall–Kier alpha value is -2.04. The van der Waals surface area contributed by atoms with Crippen molar-refractivity contribution in [1.82, 2.24) is 10.2 Å². The van der Waals surface area contributed by atoms with E-state index in [1.807, 2.05) is 37.3 Å². The van der Waals surface area contributed by atoms with Gasteiger partial charge in [-0.2, -0.15) is 0 Å². The first-order valence-electron chi connectivity index (χ1n) is 6.68. The summed E-state index contributed by atoms with van der Waals surface area (Å²) in [5.74, 6) is -1.47. The average Bonchev–Trinajstić information content (AvgIpc) is 2.39. The molecular weight excluding hydrogens is 256 g/mol. The predicted molar refractivity (Wildman–Crippen MR) is 77.6 cm³/mol. The van der Waals surface area contributed by atoms with Crippen LogP contribution in [0.15, 0.2) is 30.3 Å². The maximum atomic E-state index is 11.9. The van der Waals surface area contributed by atoms with E-state index in [9.17, 15) is 9.59 Å². The number of nitrogens with one attached hydrogen (secondary N) is 1. The highest BCUT2D eigenvalue weighted by molar-refractivity contribution is 5.75. The van der Waals surface area contributed by atoms with Crippen LogP contribution in [0.4, 0.5) is 4.79 Å². The van der Waals surface area contributed by atoms with Gasteiger partial charge < -0.3 is 15.3 Å². The van der Waals surface area contributed by atoms with E-state index in [1.54, 1.807) is 14.0 Å². The van der Waals surface area contributed by atoms with Crippen LogP contribution in [-0.4, -0.2) is 41.6 Å². The Bertz CT molecular complexity index is 448. The zero-order chi connectivity index (χ0) is 15.1. The molecule has 1 aromatic carbocycles. The van der Waals surface area contributed by atoms with E-state index in [1.165, 1.54) is 4.90 Å². The molecule has 0 bridgehead atoms. The van der Waals surface area contributed by atoms with Gasteiger partial charge in [0.1, 0.15) is 0 Å². The van der Waals surface area contributed by atoms with Crippen molar-refractivity contribution >= 4 is 12.0 Å². The van der Waals surface area contributed by atoms with Crippen LogP contribution < -0.4 is 5.32 Å². The summed E-state index contributed by atoms with van der Waals surface area (Å²) < 4.78 is 0. The smallest absolute Gasteiger partial charge is 0.317 e. The Balaban J connectivity index is 2.43. The first kappa shape index (κ1) is 16.0. The minimum Gasteiger partial charge on any atom is -0.481 e. The number of benzene rings is 1. The standard InChI is InChI=1S/C15H22N2O3/c1-11(14(18)19)10-17(3)15(20)16-12(2)9-13-7-5-4-6-8-13/h4-8,11-12H,9-10H2,1-3H3,(H,16,20)(H,18,19). The van der Waals surface area contributed by atoms with E-state index in [0.717, 1.165) is 12.0 Å². The number of aliphatic carboxylic acids is 1. The number of hydrogen-bond donors (Lipinski definition) is 2. The maximum Gasteiger partial charge on any atom is 0.317 e. The van der Waals surface area contributed by atoms with Gasteiger partial charge in [0, 0.05) is 19.6 Å². The fourth-order valence-electron chi connectivity index (χ4n) is 1.91. The summed E-state index contributed by atoms with van der Waals surface area (Å²) >= 11 is 0. The molecule has 2 amide bonds. The number of carboxylic acids is 1. The lowest BCUT2D eigenvalue weighted by atomic mass is 10.1. The second-order valence-corrected chi connectivity index (χ2v) is 5.16. The summed E-state index contributed by atoms with van der Waals surface area (Å²) in [6, 6.07) is 9.65. The normalized spacial score (nSPS) is 13.3. The molecule has 0 aromatic heterocycles. The Morgan fingerprint density at radius 3 is 2.40 bits per heavy atom. The molecule has 1 aromatic rings. The van der Waals surface area contributed by atoms with Gasteiger partial charge in [0.2, 0.25) is 0 Å². The molecule has 0 aliphatic rings. The molecule has 0 fully saturated rings. The molecule has 20 heavy (non-hydrogen) atoms. The summed E-state index contributed by atoms with van der Waals surface area (Å²) in [7, 11) is 1.60. The predicted octanol–water partition coefficient (Wildman–Crippen LogP) is 1.98. The molecule has 2 N–H and O–H groups in total. The highest BCUT2D eigenvalue weighted by Crippen LogP contribution is 2.04. The van der Waals surface area contributed by atoms with Crippen molar-refractivity contribution < 1.29 is 14.7 Å². The van der Waals surface area contributed by atoms with Gasteiger partial charge in [-0.25, -0.2) is 4.79 Å². The zero-order valence-electron chi connectivity index (χ0n) is 12.2. The third-order valence-electron chi connectivity index (χ3n) is 3.07. The Labute approximate surface area is 119 Å². The second-order valence-electron chi connectivity index (χ2n) is 5.16. The lowest BCUT2D eigenvalue weighted by molar-refractivity contribution is -0.141. The third kappa shape index (κ3) is 5.30. The van der Waals surface area contributed by atoms with Gasteiger partial charge >= 0.3 is 12.0 Å². The van der Waals surface area contributed by atoms with E-state index in [0.29, 0.717) is 0 Å². The zero-order valence-corrected chi connectivity index (χ0v) is 12.2. The van der Waals surface area contributed by atoms with Crippen LogP contribution in [0.2, 0.25) is 0 Å². The molecule has 0 saturated heterocycles. The molecule has 5 nitrogen and oxygen atoms in total. The molecule has 2 atom stereocenters. The number of rotatable bonds is 6. The van der Waals surface area contributed by atoms with E-state index in [4.69, 9.17) is 5.11 Å². The first-order chi connectivity index (χ1) is 9.40. The minimum atomic E-state index is -0.901. The number of amides is 2. The molecule has 0 heterocycles. The van der Waals surface area contributed by atoms with Gasteiger partial charge in [-0.15, -0.1) is 0 Å². The van der Waals surface area contributed by atoms with Crippen molar-refractivity contribution in [2.75, 3.05) is 13.6 Å². The summed E-state index contributed by atoms with van der Waals surface area (Å²) in [5.41, 5.74) is 1.15. The van der Waals surface area contributed by atoms with Crippen molar-refractivity contribution in [3.05, 3.63) is 35.9 Å². The summed E-state index contributed by atoms with van der Waals surface area (Å²) in [6.07, 6.45) is 0.745. The Kier molecular flexibility index (Phi) is 6.03. The van der Waals surface area contributed by atoms with Crippen molar-refractivity contribution in [3.63, 3.8) is 0 Å². The van der Waals surface area contributed by atoms with Gasteiger partial charge in [0.15, 0.2) is 0 Å². The maximum absolute atomic E-state index is 11.9. The topological polar surface area (TPSA) is 69.6 Å². The molecular formula is C15H22N2O3. The molecule has 0 spiro atoms. The number of carbonyl (C=O) groups is 2. The SMILES string of the molecule is CC(Cc1ccccc1)NC(=O)N(C)CC(C)C(=O)O. The quantitative estimate of drug-likeness (QED) is 0.836. The van der Waals surface area contributed by atoms with Crippen LogP contribution >= 0.6 is 0 Å². The highest BCUT2D eigenvalue weighted by atomic mass is 16.4. The summed E-state index contributed by atoms with van der Waals surface area (Å²) in [6.45, 7) is 3.71. The van der Waals surface area contributed by atoms with Gasteiger partial charge in [-0.05, 0) is 18.9 Å². The summed E-state index contributed by atoms with van der Waals surface area (Å²) in [4.78, 5) is 24.1. The number of hydrogen-bond acceptors (Lipinski definition) is 2. The lowest BCUT2D eigenvalue weighted by Gasteiger charge is -2.22. The van der Waals surface area contributed by atoms with Crippen LogP contribution in [0.5, 0.6) is 0 Å². The fraction of sp³-hybridized carbons (Fsp3) is 0.467. The van der Waals surface area contributed by atoms with Gasteiger partial charge in [-0.3, -0.25) is 4.79 Å². The number of carboxylic acid groups (broad SMARTS) is 1. The van der Waals surface area contributed by atoms with Crippen LogP contribution in [0, 0.1) is 5.92 Å². The Morgan fingerprint density at radius 1 is 1.25 bits per heavy atom. The molecule has 0 saturated carbocycles. The fourth-order valence-corrected chi connectivity index (χ4v) is 1.91. The van der Waals surface area contributed by atoms with Crippen molar-refractivity contribution in [1.29, 1.82) is 0 Å². The van der Waals surface area contributed by atoms with Crippen LogP contribution in [0.3, 0.4) is 0 Å². The van der Waals surface area contributed by atoms with Gasteiger partial charge in [0.05, 0.1) is 5.92 Å². The molecule has 110 valence electrons. The van der Waals surface area contributed by atoms with E-state index in [2.05, 4.69) is 5.32 Å². The van der Waals surface area contributed by atoms with Gasteiger partial charge in [-0.1, -0.05) is 37.3 Å². The average molecular weight is 278 g/mol. The van der Waals surface area contributed by atoms with Crippen LogP contribution in [0.1, 0.15) is 19.4 Å². The van der Waals surface area contributed by atoms with Gasteiger partial charge in [0.25, 0.3) is 0 Å². The van der Waals surface area contributed by atoms with E-state index < -0.39 is 11.9 Å². The number of carbonyl (C=O) groups excluding carboxylic acids is 1. The Morgan fingerprint density at radius 2 is 1.85 bits per heavy atom. The number of nitrogens with zero attached hydrogens (tertiary/aromatic N) is 1. The lowest BCUT2D eigenvalue weighted by Crippen LogP contribution is -2.44. The molecule has 5 heteroatoms. The molecule has 0 aliphatic heterocycles. The van der Waals surface area contributed by atoms with E-state index in [-0.39, 0.29) is 18.6 Å². The van der Waals surface area contributed by atoms with Crippen LogP contribution in [0.25, 0.3) is 0 Å². The molecule has 0 radical (unpaired) electrons. The van der Waals surface area contributed by atoms with Crippen molar-refractivity contribution in [2.45, 2.75) is 26.3 Å². The highest BCUT2D eigenvalue weighted by Gasteiger charge is 2.18. The van der Waals surface area contributed by atoms with Crippen LogP contribution in [-0.2, 0) is 11.2 Å². The third-order valence-corrected chi connectivity index (χ3v) is 3.07. The van der Waals surface area contributed by atoms with E-state index >= 15 is 0 Å². The summed E-state index contributed by atoms with van der Waals surface area (Å²) in [5, 5.41) is 11.7.